The highest BCUT2D eigenvalue weighted by atomic mass is 16.5. The molecule has 22 heavy (non-hydrogen) atoms. The number of aliphatic carboxylic acids is 1. The monoisotopic (exact) mass is 314 g/mol. The van der Waals surface area contributed by atoms with Crippen LogP contribution in [0.3, 0.4) is 0 Å². The maximum atomic E-state index is 11.9. The van der Waals surface area contributed by atoms with Crippen LogP contribution in [0.5, 0.6) is 0 Å². The van der Waals surface area contributed by atoms with E-state index in [0.29, 0.717) is 25.2 Å². The van der Waals surface area contributed by atoms with E-state index in [-0.39, 0.29) is 25.0 Å². The third-order valence-corrected chi connectivity index (χ3v) is 4.20. The second-order valence-corrected chi connectivity index (χ2v) is 6.41. The van der Waals surface area contributed by atoms with Crippen molar-refractivity contribution in [3.8, 4) is 0 Å². The molecule has 2 atom stereocenters. The minimum atomic E-state index is -0.920. The molecule has 0 radical (unpaired) electrons. The number of hydrogen-bond acceptors (Lipinski definition) is 4. The third kappa shape index (κ3) is 7.22. The van der Waals surface area contributed by atoms with Crippen LogP contribution in [0.25, 0.3) is 0 Å². The van der Waals surface area contributed by atoms with Crippen molar-refractivity contribution < 1.29 is 19.4 Å². The van der Waals surface area contributed by atoms with Crippen LogP contribution in [0, 0.1) is 5.92 Å². The molecule has 1 rings (SSSR count). The largest absolute Gasteiger partial charge is 0.480 e. The van der Waals surface area contributed by atoms with Crippen molar-refractivity contribution in [1.82, 2.24) is 10.2 Å². The summed E-state index contributed by atoms with van der Waals surface area (Å²) < 4.78 is 5.84. The first kappa shape index (κ1) is 18.9. The van der Waals surface area contributed by atoms with Crippen molar-refractivity contribution in [2.45, 2.75) is 58.6 Å². The first-order chi connectivity index (χ1) is 10.4. The molecular formula is C16H30N2O4. The van der Waals surface area contributed by atoms with Crippen LogP contribution < -0.4 is 5.32 Å². The van der Waals surface area contributed by atoms with Gasteiger partial charge in [0.1, 0.15) is 0 Å². The molecule has 1 amide bonds. The topological polar surface area (TPSA) is 78.9 Å². The van der Waals surface area contributed by atoms with Gasteiger partial charge in [-0.3, -0.25) is 14.5 Å². The van der Waals surface area contributed by atoms with Gasteiger partial charge in [0.25, 0.3) is 0 Å². The van der Waals surface area contributed by atoms with Gasteiger partial charge >= 0.3 is 5.97 Å². The standard InChI is InChI=1S/C16H30N2O4/c1-12(2)18(11-16(20)21)10-15(19)17-8-9-22-14-7-5-4-6-13(14)3/h12-14H,4-11H2,1-3H3,(H,17,19)(H,20,21). The first-order valence-corrected chi connectivity index (χ1v) is 8.24. The molecule has 1 aliphatic carbocycles. The van der Waals surface area contributed by atoms with Crippen molar-refractivity contribution in [2.75, 3.05) is 26.2 Å². The summed E-state index contributed by atoms with van der Waals surface area (Å²) in [4.78, 5) is 24.2. The lowest BCUT2D eigenvalue weighted by Crippen LogP contribution is -2.44. The van der Waals surface area contributed by atoms with E-state index >= 15 is 0 Å². The van der Waals surface area contributed by atoms with E-state index in [1.165, 1.54) is 19.3 Å². The molecule has 2 N–H and O–H groups in total. The van der Waals surface area contributed by atoms with Crippen LogP contribution in [0.15, 0.2) is 0 Å². The van der Waals surface area contributed by atoms with Gasteiger partial charge in [-0.05, 0) is 32.6 Å². The molecule has 0 saturated heterocycles. The number of carbonyl (C=O) groups excluding carboxylic acids is 1. The minimum Gasteiger partial charge on any atom is -0.480 e. The summed E-state index contributed by atoms with van der Waals surface area (Å²) in [5.74, 6) is -0.484. The van der Waals surface area contributed by atoms with E-state index < -0.39 is 5.97 Å². The number of nitrogens with one attached hydrogen (secondary N) is 1. The number of hydrogen-bond donors (Lipinski definition) is 2. The zero-order valence-corrected chi connectivity index (χ0v) is 14.0. The van der Waals surface area contributed by atoms with E-state index in [9.17, 15) is 9.59 Å². The van der Waals surface area contributed by atoms with Crippen LogP contribution in [-0.4, -0.2) is 60.3 Å². The Morgan fingerprint density at radius 1 is 1.27 bits per heavy atom. The van der Waals surface area contributed by atoms with Crippen molar-refractivity contribution in [2.24, 2.45) is 5.92 Å². The maximum absolute atomic E-state index is 11.9. The van der Waals surface area contributed by atoms with Crippen LogP contribution in [0.2, 0.25) is 0 Å². The third-order valence-electron chi connectivity index (χ3n) is 4.20. The second kappa shape index (κ2) is 9.79. The summed E-state index contributed by atoms with van der Waals surface area (Å²) in [7, 11) is 0. The normalized spacial score (nSPS) is 22.0. The summed E-state index contributed by atoms with van der Waals surface area (Å²) in [5, 5.41) is 11.6. The fraction of sp³-hybridized carbons (Fsp3) is 0.875. The molecule has 0 heterocycles. The predicted octanol–water partition coefficient (Wildman–Crippen LogP) is 1.49. The van der Waals surface area contributed by atoms with Gasteiger partial charge in [0.05, 0.1) is 25.8 Å². The van der Waals surface area contributed by atoms with Gasteiger partial charge in [0, 0.05) is 12.6 Å². The van der Waals surface area contributed by atoms with Gasteiger partial charge in [-0.25, -0.2) is 0 Å². The van der Waals surface area contributed by atoms with E-state index in [1.807, 2.05) is 13.8 Å². The minimum absolute atomic E-state index is 0.0150. The van der Waals surface area contributed by atoms with E-state index in [2.05, 4.69) is 12.2 Å². The van der Waals surface area contributed by atoms with Crippen molar-refractivity contribution in [1.29, 1.82) is 0 Å². The first-order valence-electron chi connectivity index (χ1n) is 8.24. The Labute approximate surface area is 133 Å². The number of nitrogens with zero attached hydrogens (tertiary/aromatic N) is 1. The van der Waals surface area contributed by atoms with Crippen LogP contribution in [-0.2, 0) is 14.3 Å². The van der Waals surface area contributed by atoms with Gasteiger partial charge < -0.3 is 15.2 Å². The molecule has 0 aliphatic heterocycles. The Bertz CT molecular complexity index is 360. The fourth-order valence-electron chi connectivity index (χ4n) is 2.77. The maximum Gasteiger partial charge on any atom is 0.317 e. The summed E-state index contributed by atoms with van der Waals surface area (Å²) in [6, 6.07) is 0.0150. The molecule has 0 bridgehead atoms. The van der Waals surface area contributed by atoms with Crippen molar-refractivity contribution in [3.05, 3.63) is 0 Å². The highest BCUT2D eigenvalue weighted by molar-refractivity contribution is 5.79. The van der Waals surface area contributed by atoms with Crippen LogP contribution in [0.1, 0.15) is 46.5 Å². The molecule has 0 aromatic rings. The molecule has 0 spiro atoms. The average Bonchev–Trinajstić information content (AvgIpc) is 2.44. The number of carboxylic acids is 1. The highest BCUT2D eigenvalue weighted by Crippen LogP contribution is 2.25. The zero-order valence-electron chi connectivity index (χ0n) is 14.0. The Balaban J connectivity index is 2.20. The fourth-order valence-corrected chi connectivity index (χ4v) is 2.77. The van der Waals surface area contributed by atoms with E-state index in [0.717, 1.165) is 6.42 Å². The smallest absolute Gasteiger partial charge is 0.317 e. The van der Waals surface area contributed by atoms with Gasteiger partial charge in [-0.15, -0.1) is 0 Å². The summed E-state index contributed by atoms with van der Waals surface area (Å²) in [5.41, 5.74) is 0. The lowest BCUT2D eigenvalue weighted by molar-refractivity contribution is -0.139. The average molecular weight is 314 g/mol. The van der Waals surface area contributed by atoms with Crippen molar-refractivity contribution in [3.63, 3.8) is 0 Å². The number of carboxylic acid groups (broad SMARTS) is 1. The number of carbonyl (C=O) groups is 2. The number of ether oxygens (including phenoxy) is 1. The van der Waals surface area contributed by atoms with E-state index in [4.69, 9.17) is 9.84 Å². The van der Waals surface area contributed by atoms with Gasteiger partial charge in [-0.2, -0.15) is 0 Å². The molecule has 6 heteroatoms. The molecule has 1 aliphatic rings. The quantitative estimate of drug-likeness (QED) is 0.630. The molecule has 1 fully saturated rings. The number of amides is 1. The summed E-state index contributed by atoms with van der Waals surface area (Å²) >= 11 is 0. The summed E-state index contributed by atoms with van der Waals surface area (Å²) in [6.07, 6.45) is 5.14. The molecule has 2 unspecified atom stereocenters. The Kier molecular flexibility index (Phi) is 8.42. The highest BCUT2D eigenvalue weighted by Gasteiger charge is 2.21. The van der Waals surface area contributed by atoms with Gasteiger partial charge in [0.2, 0.25) is 5.91 Å². The van der Waals surface area contributed by atoms with Crippen LogP contribution in [0.4, 0.5) is 0 Å². The van der Waals surface area contributed by atoms with Gasteiger partial charge in [0.15, 0.2) is 0 Å². The number of rotatable bonds is 9. The lowest BCUT2D eigenvalue weighted by Gasteiger charge is -2.28. The molecule has 6 nitrogen and oxygen atoms in total. The Morgan fingerprint density at radius 3 is 2.55 bits per heavy atom. The molecule has 0 aromatic carbocycles. The van der Waals surface area contributed by atoms with E-state index in [1.54, 1.807) is 4.90 Å². The summed E-state index contributed by atoms with van der Waals surface area (Å²) in [6.45, 7) is 6.94. The zero-order chi connectivity index (χ0) is 16.5. The SMILES string of the molecule is CC1CCCCC1OCCNC(=O)CN(CC(=O)O)C(C)C. The lowest BCUT2D eigenvalue weighted by atomic mass is 9.88. The molecular weight excluding hydrogens is 284 g/mol. The van der Waals surface area contributed by atoms with Crippen molar-refractivity contribution >= 4 is 11.9 Å². The molecule has 0 aromatic heterocycles. The second-order valence-electron chi connectivity index (χ2n) is 6.41. The molecule has 1 saturated carbocycles. The van der Waals surface area contributed by atoms with Crippen LogP contribution >= 0.6 is 0 Å². The Morgan fingerprint density at radius 2 is 1.95 bits per heavy atom. The predicted molar refractivity (Wildman–Crippen MR) is 84.7 cm³/mol. The van der Waals surface area contributed by atoms with Gasteiger partial charge in [-0.1, -0.05) is 19.8 Å². The molecule has 128 valence electrons. The Hall–Kier alpha value is -1.14.